The predicted octanol–water partition coefficient (Wildman–Crippen LogP) is 4.20. The van der Waals surface area contributed by atoms with E-state index in [1.165, 1.54) is 12.1 Å². The van der Waals surface area contributed by atoms with Crippen molar-refractivity contribution in [2.24, 2.45) is 0 Å². The van der Waals surface area contributed by atoms with Crippen LogP contribution in [-0.4, -0.2) is 30.2 Å². The predicted molar refractivity (Wildman–Crippen MR) is 99.4 cm³/mol. The largest absolute Gasteiger partial charge is 0.503 e. The van der Waals surface area contributed by atoms with Crippen LogP contribution in [0.4, 0.5) is 5.69 Å². The smallest absolute Gasteiger partial charge is 0.338 e. The summed E-state index contributed by atoms with van der Waals surface area (Å²) >= 11 is 11.8. The Balaban J connectivity index is 2.02. The second-order valence-electron chi connectivity index (χ2n) is 5.32. The second-order valence-corrected chi connectivity index (χ2v) is 6.17. The molecule has 0 spiro atoms. The van der Waals surface area contributed by atoms with Crippen molar-refractivity contribution in [3.63, 3.8) is 0 Å². The first-order valence-electron chi connectivity index (χ1n) is 7.70. The topological polar surface area (TPSA) is 84.9 Å². The van der Waals surface area contributed by atoms with Gasteiger partial charge in [0.05, 0.1) is 17.2 Å². The number of halogens is 2. The van der Waals surface area contributed by atoms with Crippen molar-refractivity contribution in [1.82, 2.24) is 0 Å². The highest BCUT2D eigenvalue weighted by Gasteiger charge is 2.17. The Morgan fingerprint density at radius 1 is 1.19 bits per heavy atom. The van der Waals surface area contributed by atoms with E-state index >= 15 is 0 Å². The minimum Gasteiger partial charge on any atom is -0.503 e. The van der Waals surface area contributed by atoms with E-state index in [-0.39, 0.29) is 28.7 Å². The Bertz CT molecular complexity index is 839. The van der Waals surface area contributed by atoms with Gasteiger partial charge in [0.1, 0.15) is 0 Å². The Hall–Kier alpha value is -2.44. The summed E-state index contributed by atoms with van der Waals surface area (Å²) in [6.45, 7) is 3.32. The van der Waals surface area contributed by atoms with Gasteiger partial charge in [-0.2, -0.15) is 0 Å². The minimum atomic E-state index is -0.772. The van der Waals surface area contributed by atoms with E-state index in [4.69, 9.17) is 32.7 Å². The van der Waals surface area contributed by atoms with E-state index in [1.54, 1.807) is 25.1 Å². The van der Waals surface area contributed by atoms with E-state index in [9.17, 15) is 14.7 Å². The molecule has 138 valence electrons. The van der Waals surface area contributed by atoms with Crippen LogP contribution in [-0.2, 0) is 9.53 Å². The Kier molecular flexibility index (Phi) is 6.71. The molecule has 0 aliphatic heterocycles. The van der Waals surface area contributed by atoms with E-state index < -0.39 is 18.5 Å². The summed E-state index contributed by atoms with van der Waals surface area (Å²) in [5.41, 5.74) is 1.41. The van der Waals surface area contributed by atoms with Gasteiger partial charge in [0.2, 0.25) is 0 Å². The van der Waals surface area contributed by atoms with Gasteiger partial charge in [-0.15, -0.1) is 0 Å². The minimum absolute atomic E-state index is 0.0538. The number of amides is 1. The van der Waals surface area contributed by atoms with Gasteiger partial charge >= 0.3 is 5.97 Å². The number of benzene rings is 2. The lowest BCUT2D eigenvalue weighted by Gasteiger charge is -2.11. The summed E-state index contributed by atoms with van der Waals surface area (Å²) in [6.07, 6.45) is 0. The van der Waals surface area contributed by atoms with Crippen LogP contribution in [0.2, 0.25) is 10.0 Å². The van der Waals surface area contributed by atoms with Crippen LogP contribution in [0.1, 0.15) is 22.8 Å². The average molecular weight is 398 g/mol. The number of aryl methyl sites for hydroxylation is 1. The van der Waals surface area contributed by atoms with Crippen LogP contribution in [0.25, 0.3) is 0 Å². The zero-order chi connectivity index (χ0) is 19.3. The Labute approximate surface area is 160 Å². The molecule has 0 saturated carbocycles. The number of nitrogens with one attached hydrogen (secondary N) is 1. The first-order valence-corrected chi connectivity index (χ1v) is 8.45. The Morgan fingerprint density at radius 2 is 1.92 bits per heavy atom. The number of hydrogen-bond donors (Lipinski definition) is 2. The molecule has 0 aliphatic carbocycles. The van der Waals surface area contributed by atoms with Crippen LogP contribution in [0.15, 0.2) is 30.3 Å². The fraction of sp³-hybridized carbons (Fsp3) is 0.222. The third-order valence-electron chi connectivity index (χ3n) is 3.37. The molecule has 26 heavy (non-hydrogen) atoms. The van der Waals surface area contributed by atoms with Crippen LogP contribution in [0.5, 0.6) is 11.5 Å². The maximum absolute atomic E-state index is 12.1. The van der Waals surface area contributed by atoms with Crippen molar-refractivity contribution >= 4 is 40.8 Å². The second kappa shape index (κ2) is 8.78. The first kappa shape index (κ1) is 19.9. The molecule has 0 atom stereocenters. The van der Waals surface area contributed by atoms with Crippen LogP contribution in [0, 0.1) is 6.92 Å². The van der Waals surface area contributed by atoms with Gasteiger partial charge in [0.15, 0.2) is 18.1 Å². The van der Waals surface area contributed by atoms with E-state index in [0.29, 0.717) is 10.7 Å². The molecule has 0 aromatic heterocycles. The molecule has 0 radical (unpaired) electrons. The average Bonchev–Trinajstić information content (AvgIpc) is 2.60. The number of esters is 1. The van der Waals surface area contributed by atoms with Gasteiger partial charge < -0.3 is 19.9 Å². The fourth-order valence-corrected chi connectivity index (χ4v) is 2.47. The fourth-order valence-electron chi connectivity index (χ4n) is 2.09. The van der Waals surface area contributed by atoms with Crippen molar-refractivity contribution in [2.45, 2.75) is 13.8 Å². The Morgan fingerprint density at radius 3 is 2.62 bits per heavy atom. The number of phenols is 1. The number of phenolic OH excluding ortho intramolecular Hbond substituents is 1. The molecule has 0 saturated heterocycles. The highest BCUT2D eigenvalue weighted by molar-refractivity contribution is 6.32. The molecule has 0 aliphatic rings. The SMILES string of the molecule is CCOc1cc(C(=O)OCC(=O)Nc2cc(Cl)ccc2C)cc(Cl)c1O. The van der Waals surface area contributed by atoms with Gasteiger partial charge in [0.25, 0.3) is 5.91 Å². The summed E-state index contributed by atoms with van der Waals surface area (Å²) in [7, 11) is 0. The number of hydrogen-bond acceptors (Lipinski definition) is 5. The lowest BCUT2D eigenvalue weighted by Crippen LogP contribution is -2.21. The molecule has 0 fully saturated rings. The molecule has 6 nitrogen and oxygen atoms in total. The summed E-state index contributed by atoms with van der Waals surface area (Å²) in [5, 5.41) is 12.8. The van der Waals surface area contributed by atoms with Gasteiger partial charge in [-0.05, 0) is 43.7 Å². The van der Waals surface area contributed by atoms with Crippen molar-refractivity contribution in [1.29, 1.82) is 0 Å². The zero-order valence-corrected chi connectivity index (χ0v) is 15.6. The number of carbonyl (C=O) groups excluding carboxylic acids is 2. The van der Waals surface area contributed by atoms with Gasteiger partial charge in [-0.1, -0.05) is 29.3 Å². The highest BCUT2D eigenvalue weighted by atomic mass is 35.5. The quantitative estimate of drug-likeness (QED) is 0.713. The first-order chi connectivity index (χ1) is 12.3. The third-order valence-corrected chi connectivity index (χ3v) is 3.90. The molecule has 0 heterocycles. The molecule has 2 N–H and O–H groups in total. The van der Waals surface area contributed by atoms with Crippen LogP contribution < -0.4 is 10.1 Å². The van der Waals surface area contributed by atoms with E-state index in [0.717, 1.165) is 5.56 Å². The summed E-state index contributed by atoms with van der Waals surface area (Å²) in [6, 6.07) is 7.60. The summed E-state index contributed by atoms with van der Waals surface area (Å²) < 4.78 is 10.2. The van der Waals surface area contributed by atoms with Gasteiger partial charge in [-0.3, -0.25) is 4.79 Å². The zero-order valence-electron chi connectivity index (χ0n) is 14.1. The van der Waals surface area contributed by atoms with Crippen LogP contribution in [0.3, 0.4) is 0 Å². The highest BCUT2D eigenvalue weighted by Crippen LogP contribution is 2.35. The molecule has 0 unspecified atom stereocenters. The molecule has 1 amide bonds. The standard InChI is InChI=1S/C18H17Cl2NO5/c1-3-25-15-7-11(6-13(20)17(15)23)18(24)26-9-16(22)21-14-8-12(19)5-4-10(14)2/h4-8,23H,3,9H2,1-2H3,(H,21,22). The molecular weight excluding hydrogens is 381 g/mol. The molecule has 8 heteroatoms. The molecule has 2 aromatic carbocycles. The van der Waals surface area contributed by atoms with Crippen molar-refractivity contribution < 1.29 is 24.2 Å². The number of aromatic hydroxyl groups is 1. The van der Waals surface area contributed by atoms with Crippen molar-refractivity contribution in [3.05, 3.63) is 51.5 Å². The van der Waals surface area contributed by atoms with E-state index in [1.807, 2.05) is 6.92 Å². The number of anilines is 1. The van der Waals surface area contributed by atoms with Gasteiger partial charge in [-0.25, -0.2) is 4.79 Å². The number of ether oxygens (including phenoxy) is 2. The lowest BCUT2D eigenvalue weighted by molar-refractivity contribution is -0.119. The third kappa shape index (κ3) is 5.03. The van der Waals surface area contributed by atoms with Crippen LogP contribution >= 0.6 is 23.2 Å². The molecule has 2 rings (SSSR count). The van der Waals surface area contributed by atoms with Crippen molar-refractivity contribution in [3.8, 4) is 11.5 Å². The molecule has 0 bridgehead atoms. The number of rotatable bonds is 6. The monoisotopic (exact) mass is 397 g/mol. The summed E-state index contributed by atoms with van der Waals surface area (Å²) in [5.74, 6) is -1.49. The van der Waals surface area contributed by atoms with E-state index in [2.05, 4.69) is 5.32 Å². The molecule has 2 aromatic rings. The van der Waals surface area contributed by atoms with Gasteiger partial charge in [0, 0.05) is 10.7 Å². The lowest BCUT2D eigenvalue weighted by atomic mass is 10.2. The maximum atomic E-state index is 12.1. The van der Waals surface area contributed by atoms with Crippen molar-refractivity contribution in [2.75, 3.05) is 18.5 Å². The number of carbonyl (C=O) groups is 2. The maximum Gasteiger partial charge on any atom is 0.338 e. The summed E-state index contributed by atoms with van der Waals surface area (Å²) in [4.78, 5) is 24.1. The normalized spacial score (nSPS) is 10.3. The molecular formula is C18H17Cl2NO5.